The number of carbonyl (C=O) groups is 1. The van der Waals surface area contributed by atoms with Gasteiger partial charge >= 0.3 is 0 Å². The van der Waals surface area contributed by atoms with Crippen LogP contribution in [0.4, 0.5) is 0 Å². The van der Waals surface area contributed by atoms with Crippen LogP contribution in [0.5, 0.6) is 5.75 Å². The number of benzene rings is 1. The smallest absolute Gasteiger partial charge is 0.269 e. The van der Waals surface area contributed by atoms with Crippen LogP contribution in [0.25, 0.3) is 5.69 Å². The van der Waals surface area contributed by atoms with E-state index in [1.54, 1.807) is 16.8 Å². The standard InChI is InChI=1S/C18H21N3O2/c1-4-23-16-7-5-6-15(10-16)21-9-8-14(11-19)17(21)18(22)20-12-13(2)3/h5-10,13H,4,12H2,1-3H3,(H,20,22). The predicted molar refractivity (Wildman–Crippen MR) is 88.8 cm³/mol. The van der Waals surface area contributed by atoms with Gasteiger partial charge in [-0.25, -0.2) is 0 Å². The molecule has 5 nitrogen and oxygen atoms in total. The van der Waals surface area contributed by atoms with Crippen LogP contribution < -0.4 is 10.1 Å². The van der Waals surface area contributed by atoms with Crippen LogP contribution in [-0.4, -0.2) is 23.6 Å². The second kappa shape index (κ2) is 7.50. The SMILES string of the molecule is CCOc1cccc(-n2ccc(C#N)c2C(=O)NCC(C)C)c1. The summed E-state index contributed by atoms with van der Waals surface area (Å²) in [7, 11) is 0. The van der Waals surface area contributed by atoms with Crippen molar-refractivity contribution in [2.45, 2.75) is 20.8 Å². The van der Waals surface area contributed by atoms with Crippen molar-refractivity contribution in [2.24, 2.45) is 5.92 Å². The van der Waals surface area contributed by atoms with Crippen molar-refractivity contribution >= 4 is 5.91 Å². The molecule has 5 heteroatoms. The first-order chi connectivity index (χ1) is 11.1. The first-order valence-corrected chi connectivity index (χ1v) is 7.69. The number of carbonyl (C=O) groups excluding carboxylic acids is 1. The zero-order chi connectivity index (χ0) is 16.8. The van der Waals surface area contributed by atoms with Crippen LogP contribution in [-0.2, 0) is 0 Å². The largest absolute Gasteiger partial charge is 0.494 e. The summed E-state index contributed by atoms with van der Waals surface area (Å²) in [4.78, 5) is 12.5. The molecule has 0 saturated carbocycles. The van der Waals surface area contributed by atoms with Crippen molar-refractivity contribution < 1.29 is 9.53 Å². The molecule has 2 aromatic rings. The van der Waals surface area contributed by atoms with E-state index in [2.05, 4.69) is 11.4 Å². The quantitative estimate of drug-likeness (QED) is 0.891. The number of amides is 1. The van der Waals surface area contributed by atoms with E-state index in [4.69, 9.17) is 4.74 Å². The molecule has 1 heterocycles. The van der Waals surface area contributed by atoms with Gasteiger partial charge in [0.2, 0.25) is 0 Å². The molecule has 1 amide bonds. The minimum absolute atomic E-state index is 0.248. The molecule has 0 aliphatic carbocycles. The first-order valence-electron chi connectivity index (χ1n) is 7.69. The minimum atomic E-state index is -0.248. The van der Waals surface area contributed by atoms with E-state index in [1.165, 1.54) is 0 Å². The van der Waals surface area contributed by atoms with Crippen LogP contribution in [0.2, 0.25) is 0 Å². The second-order valence-electron chi connectivity index (χ2n) is 5.59. The van der Waals surface area contributed by atoms with Crippen LogP contribution in [0.1, 0.15) is 36.8 Å². The number of hydrogen-bond donors (Lipinski definition) is 1. The molecule has 0 fully saturated rings. The molecule has 0 spiro atoms. The van der Waals surface area contributed by atoms with E-state index in [0.717, 1.165) is 11.4 Å². The number of rotatable bonds is 6. The van der Waals surface area contributed by atoms with Gasteiger partial charge in [-0.2, -0.15) is 5.26 Å². The van der Waals surface area contributed by atoms with E-state index < -0.39 is 0 Å². The van der Waals surface area contributed by atoms with Crippen molar-refractivity contribution in [3.05, 3.63) is 47.8 Å². The van der Waals surface area contributed by atoms with Gasteiger partial charge in [0, 0.05) is 24.5 Å². The highest BCUT2D eigenvalue weighted by molar-refractivity contribution is 5.95. The molecule has 0 aliphatic heterocycles. The fourth-order valence-electron chi connectivity index (χ4n) is 2.24. The third-order valence-electron chi connectivity index (χ3n) is 3.30. The van der Waals surface area contributed by atoms with Gasteiger partial charge in [0.05, 0.1) is 12.2 Å². The van der Waals surface area contributed by atoms with Gasteiger partial charge < -0.3 is 14.6 Å². The summed E-state index contributed by atoms with van der Waals surface area (Å²) in [6.45, 7) is 7.10. The van der Waals surface area contributed by atoms with Gasteiger partial charge in [-0.15, -0.1) is 0 Å². The topological polar surface area (TPSA) is 67.0 Å². The number of hydrogen-bond acceptors (Lipinski definition) is 3. The lowest BCUT2D eigenvalue weighted by atomic mass is 10.2. The highest BCUT2D eigenvalue weighted by atomic mass is 16.5. The maximum Gasteiger partial charge on any atom is 0.269 e. The van der Waals surface area contributed by atoms with Gasteiger partial charge in [-0.3, -0.25) is 4.79 Å². The summed E-state index contributed by atoms with van der Waals surface area (Å²) in [6.07, 6.45) is 1.73. The summed E-state index contributed by atoms with van der Waals surface area (Å²) in [5.74, 6) is 0.821. The van der Waals surface area contributed by atoms with E-state index >= 15 is 0 Å². The Morgan fingerprint density at radius 3 is 2.83 bits per heavy atom. The van der Waals surface area contributed by atoms with E-state index in [9.17, 15) is 10.1 Å². The van der Waals surface area contributed by atoms with Crippen molar-refractivity contribution in [1.29, 1.82) is 5.26 Å². The normalized spacial score (nSPS) is 10.4. The van der Waals surface area contributed by atoms with Gasteiger partial charge in [0.25, 0.3) is 5.91 Å². The third-order valence-corrected chi connectivity index (χ3v) is 3.30. The molecule has 0 radical (unpaired) electrons. The molecule has 0 saturated heterocycles. The summed E-state index contributed by atoms with van der Waals surface area (Å²) in [5.41, 5.74) is 1.49. The molecule has 1 aromatic heterocycles. The Morgan fingerprint density at radius 1 is 1.39 bits per heavy atom. The van der Waals surface area contributed by atoms with Gasteiger partial charge in [-0.05, 0) is 31.0 Å². The number of nitrogens with zero attached hydrogens (tertiary/aromatic N) is 2. The highest BCUT2D eigenvalue weighted by Crippen LogP contribution is 2.21. The molecular formula is C18H21N3O2. The molecule has 1 aromatic carbocycles. The minimum Gasteiger partial charge on any atom is -0.494 e. The van der Waals surface area contributed by atoms with Crippen LogP contribution >= 0.6 is 0 Å². The van der Waals surface area contributed by atoms with Crippen molar-refractivity contribution in [1.82, 2.24) is 9.88 Å². The highest BCUT2D eigenvalue weighted by Gasteiger charge is 2.18. The summed E-state index contributed by atoms with van der Waals surface area (Å²) in [5, 5.41) is 12.1. The fourth-order valence-corrected chi connectivity index (χ4v) is 2.24. The van der Waals surface area contributed by atoms with Crippen molar-refractivity contribution in [2.75, 3.05) is 13.2 Å². The Morgan fingerprint density at radius 2 is 2.17 bits per heavy atom. The molecule has 23 heavy (non-hydrogen) atoms. The summed E-state index contributed by atoms with van der Waals surface area (Å²) in [6, 6.07) is 11.2. The monoisotopic (exact) mass is 311 g/mol. The van der Waals surface area contributed by atoms with E-state index in [0.29, 0.717) is 30.3 Å². The number of ether oxygens (including phenoxy) is 1. The molecule has 0 aliphatic rings. The van der Waals surface area contributed by atoms with Crippen molar-refractivity contribution in [3.63, 3.8) is 0 Å². The molecule has 0 atom stereocenters. The summed E-state index contributed by atoms with van der Waals surface area (Å²) >= 11 is 0. The van der Waals surface area contributed by atoms with Crippen LogP contribution in [0, 0.1) is 17.2 Å². The molecule has 0 unspecified atom stereocenters. The Bertz CT molecular complexity index is 726. The molecule has 1 N–H and O–H groups in total. The average molecular weight is 311 g/mol. The van der Waals surface area contributed by atoms with Gasteiger partial charge in [0.1, 0.15) is 17.5 Å². The van der Waals surface area contributed by atoms with E-state index in [1.807, 2.05) is 45.0 Å². The van der Waals surface area contributed by atoms with Gasteiger partial charge in [0.15, 0.2) is 0 Å². The lowest BCUT2D eigenvalue weighted by Crippen LogP contribution is -2.29. The predicted octanol–water partition coefficient (Wildman–Crippen LogP) is 3.13. The molecule has 0 bridgehead atoms. The fraction of sp³-hybridized carbons (Fsp3) is 0.333. The zero-order valence-electron chi connectivity index (χ0n) is 13.7. The zero-order valence-corrected chi connectivity index (χ0v) is 13.7. The average Bonchev–Trinajstić information content (AvgIpc) is 2.97. The van der Waals surface area contributed by atoms with Gasteiger partial charge in [-0.1, -0.05) is 19.9 Å². The van der Waals surface area contributed by atoms with E-state index in [-0.39, 0.29) is 5.91 Å². The second-order valence-corrected chi connectivity index (χ2v) is 5.59. The Hall–Kier alpha value is -2.74. The maximum absolute atomic E-state index is 12.5. The molecule has 120 valence electrons. The van der Waals surface area contributed by atoms with Crippen LogP contribution in [0.15, 0.2) is 36.5 Å². The Balaban J connectivity index is 2.40. The lowest BCUT2D eigenvalue weighted by molar-refractivity contribution is 0.0942. The Labute approximate surface area is 136 Å². The number of nitriles is 1. The molecular weight excluding hydrogens is 290 g/mol. The Kier molecular flexibility index (Phi) is 5.42. The third kappa shape index (κ3) is 3.92. The lowest BCUT2D eigenvalue weighted by Gasteiger charge is -2.13. The maximum atomic E-state index is 12.5. The number of nitrogens with one attached hydrogen (secondary N) is 1. The first kappa shape index (κ1) is 16.6. The summed E-state index contributed by atoms with van der Waals surface area (Å²) < 4.78 is 7.22. The number of aromatic nitrogens is 1. The molecule has 2 rings (SSSR count). The van der Waals surface area contributed by atoms with Crippen LogP contribution in [0.3, 0.4) is 0 Å². The van der Waals surface area contributed by atoms with Crippen molar-refractivity contribution in [3.8, 4) is 17.5 Å².